The number of carbonyl (C=O) groups is 1. The molecule has 3 fully saturated rings. The van der Waals surface area contributed by atoms with Crippen LogP contribution in [0.25, 0.3) is 0 Å². The third-order valence-corrected chi connectivity index (χ3v) is 8.36. The highest BCUT2D eigenvalue weighted by Gasteiger charge is 2.50. The number of hydrogen-bond acceptors (Lipinski definition) is 5. The molecule has 0 radical (unpaired) electrons. The highest BCUT2D eigenvalue weighted by molar-refractivity contribution is 5.98. The highest BCUT2D eigenvalue weighted by Crippen LogP contribution is 2.48. The fraction of sp³-hybridized carbons (Fsp3) is 0.556. The van der Waals surface area contributed by atoms with Crippen LogP contribution in [0.3, 0.4) is 0 Å². The van der Waals surface area contributed by atoms with Crippen LogP contribution >= 0.6 is 0 Å². The van der Waals surface area contributed by atoms with Gasteiger partial charge in [0.1, 0.15) is 12.0 Å². The number of halogens is 4. The molecule has 2 bridgehead atoms. The molecule has 0 spiro atoms. The van der Waals surface area contributed by atoms with Crippen LogP contribution in [0.4, 0.5) is 23.2 Å². The van der Waals surface area contributed by atoms with Crippen LogP contribution < -0.4 is 16.2 Å². The molecule has 11 heteroatoms. The fourth-order valence-electron chi connectivity index (χ4n) is 6.59. The second-order valence-electron chi connectivity index (χ2n) is 10.7. The van der Waals surface area contributed by atoms with Gasteiger partial charge in [-0.1, -0.05) is 18.2 Å². The number of anilines is 1. The minimum Gasteiger partial charge on any atom is -0.378 e. The molecule has 1 aliphatic carbocycles. The minimum atomic E-state index is -2.99. The van der Waals surface area contributed by atoms with Crippen LogP contribution in [0.5, 0.6) is 0 Å². The van der Waals surface area contributed by atoms with Crippen LogP contribution in [0.1, 0.15) is 59.8 Å². The van der Waals surface area contributed by atoms with Gasteiger partial charge in [0.05, 0.1) is 35.5 Å². The van der Waals surface area contributed by atoms with Gasteiger partial charge in [-0.25, -0.2) is 17.6 Å². The maximum absolute atomic E-state index is 15.3. The van der Waals surface area contributed by atoms with Gasteiger partial charge in [-0.05, 0) is 38.6 Å². The second-order valence-corrected chi connectivity index (χ2v) is 10.7. The Morgan fingerprint density at radius 3 is 2.53 bits per heavy atom. The average Bonchev–Trinajstić information content (AvgIpc) is 2.86. The van der Waals surface area contributed by atoms with E-state index in [2.05, 4.69) is 4.90 Å². The molecule has 3 aliphatic rings. The molecule has 7 nitrogen and oxygen atoms in total. The maximum atomic E-state index is 15.3. The number of nitrogens with two attached hydrogens (primary N) is 1. The predicted molar refractivity (Wildman–Crippen MR) is 134 cm³/mol. The highest BCUT2D eigenvalue weighted by atomic mass is 19.3. The Morgan fingerprint density at radius 2 is 1.89 bits per heavy atom. The van der Waals surface area contributed by atoms with E-state index in [4.69, 9.17) is 10.5 Å². The maximum Gasteiger partial charge on any atom is 0.266 e. The molecule has 1 aromatic carbocycles. The molecule has 5 atom stereocenters. The number of amides is 1. The number of ether oxygens (including phenoxy) is 1. The summed E-state index contributed by atoms with van der Waals surface area (Å²) in [6.45, 7) is 3.31. The summed E-state index contributed by atoms with van der Waals surface area (Å²) in [5.74, 6) is -1.51. The monoisotopic (exact) mass is 536 g/mol. The first-order chi connectivity index (χ1) is 18.1. The molecule has 206 valence electrons. The molecule has 2 N–H and O–H groups in total. The van der Waals surface area contributed by atoms with E-state index in [1.54, 1.807) is 6.92 Å². The van der Waals surface area contributed by atoms with Crippen LogP contribution in [0.2, 0.25) is 0 Å². The lowest BCUT2D eigenvalue weighted by molar-refractivity contribution is 0.00217. The van der Waals surface area contributed by atoms with Crippen LogP contribution in [0, 0.1) is 17.7 Å². The Balaban J connectivity index is 1.65. The van der Waals surface area contributed by atoms with Crippen molar-refractivity contribution in [3.63, 3.8) is 0 Å². The molecule has 2 saturated heterocycles. The first kappa shape index (κ1) is 26.7. The summed E-state index contributed by atoms with van der Waals surface area (Å²) >= 11 is 0. The lowest BCUT2D eigenvalue weighted by Gasteiger charge is -2.59. The van der Waals surface area contributed by atoms with Gasteiger partial charge >= 0.3 is 0 Å². The van der Waals surface area contributed by atoms with E-state index >= 15 is 4.39 Å². The summed E-state index contributed by atoms with van der Waals surface area (Å²) in [5.41, 5.74) is 4.79. The number of aromatic nitrogens is 1. The molecule has 1 aromatic heterocycles. The normalized spacial score (nSPS) is 28.1. The topological polar surface area (TPSA) is 80.8 Å². The van der Waals surface area contributed by atoms with Gasteiger partial charge < -0.3 is 24.8 Å². The number of hydrogen-bond donors (Lipinski definition) is 1. The van der Waals surface area contributed by atoms with E-state index in [-0.39, 0.29) is 54.3 Å². The fourth-order valence-corrected chi connectivity index (χ4v) is 6.59. The summed E-state index contributed by atoms with van der Waals surface area (Å²) in [5, 5.41) is 0. The zero-order valence-electron chi connectivity index (χ0n) is 21.3. The minimum absolute atomic E-state index is 0.00103. The smallest absolute Gasteiger partial charge is 0.266 e. The molecule has 2 unspecified atom stereocenters. The summed E-state index contributed by atoms with van der Waals surface area (Å²) in [4.78, 5) is 30.1. The standard InChI is InChI=1S/C27H32F4N4O3/c1-14(17-4-3-5-18(24(17)29)26(30)31)35(25-15-8-16(25)11-33(2)10-15)22-9-23(36)34(12-19(22)27(32)37)21-6-7-38-13-20(21)28/h3-5,9,12,14-16,20-21,25-26H,6-8,10-11,13H2,1-2H3,(H2,32,37)/t14-,15?,16?,20-,21-,25?/m1/s1. The zero-order chi connectivity index (χ0) is 27.3. The SMILES string of the molecule is C[C@H](c1cccc(C(F)F)c1F)N(c1cc(=O)n([C@@H]2CCOC[C@H]2F)cc1C(N)=O)C1C2CC1CN(C)C2. The largest absolute Gasteiger partial charge is 0.378 e. The molecular weight excluding hydrogens is 504 g/mol. The van der Waals surface area contributed by atoms with E-state index in [1.807, 2.05) is 11.9 Å². The second kappa shape index (κ2) is 10.3. The lowest BCUT2D eigenvalue weighted by Crippen LogP contribution is -2.64. The molecule has 2 aromatic rings. The van der Waals surface area contributed by atoms with Gasteiger partial charge in [-0.3, -0.25) is 9.59 Å². The number of carbonyl (C=O) groups excluding carboxylic acids is 1. The average molecular weight is 537 g/mol. The molecule has 1 saturated carbocycles. The quantitative estimate of drug-likeness (QED) is 0.544. The Labute approximate surface area is 218 Å². The number of rotatable bonds is 7. The zero-order valence-corrected chi connectivity index (χ0v) is 21.3. The van der Waals surface area contributed by atoms with E-state index in [9.17, 15) is 22.8 Å². The van der Waals surface area contributed by atoms with Crippen molar-refractivity contribution in [1.82, 2.24) is 9.47 Å². The molecular formula is C27H32F4N4O3. The van der Waals surface area contributed by atoms with Crippen molar-refractivity contribution in [3.8, 4) is 0 Å². The molecule has 3 heterocycles. The number of primary amides is 1. The van der Waals surface area contributed by atoms with Crippen molar-refractivity contribution in [2.24, 2.45) is 17.6 Å². The number of pyridine rings is 1. The number of fused-ring (bicyclic) bond motifs is 2. The molecule has 38 heavy (non-hydrogen) atoms. The van der Waals surface area contributed by atoms with E-state index < -0.39 is 47.5 Å². The Morgan fingerprint density at radius 1 is 1.21 bits per heavy atom. The van der Waals surface area contributed by atoms with Gasteiger partial charge in [0.15, 0.2) is 0 Å². The Hall–Kier alpha value is -2.92. The first-order valence-electron chi connectivity index (χ1n) is 12.9. The van der Waals surface area contributed by atoms with E-state index in [0.29, 0.717) is 0 Å². The number of alkyl halides is 3. The van der Waals surface area contributed by atoms with Crippen molar-refractivity contribution in [2.45, 2.75) is 50.5 Å². The predicted octanol–water partition coefficient (Wildman–Crippen LogP) is 3.84. The van der Waals surface area contributed by atoms with Crippen molar-refractivity contribution in [3.05, 3.63) is 63.3 Å². The van der Waals surface area contributed by atoms with Gasteiger partial charge in [-0.2, -0.15) is 0 Å². The van der Waals surface area contributed by atoms with Gasteiger partial charge in [0.2, 0.25) is 0 Å². The molecule has 2 aliphatic heterocycles. The Kier molecular flexibility index (Phi) is 7.25. The first-order valence-corrected chi connectivity index (χ1v) is 12.9. The van der Waals surface area contributed by atoms with Crippen molar-refractivity contribution < 1.29 is 27.1 Å². The Bertz CT molecular complexity index is 1260. The molecule has 1 amide bonds. The van der Waals surface area contributed by atoms with E-state index in [0.717, 1.165) is 25.6 Å². The number of benzene rings is 1. The lowest BCUT2D eigenvalue weighted by atomic mass is 9.65. The van der Waals surface area contributed by atoms with Gasteiger partial charge in [-0.15, -0.1) is 0 Å². The number of nitrogens with zero attached hydrogens (tertiary/aromatic N) is 3. The summed E-state index contributed by atoms with van der Waals surface area (Å²) in [6, 6.07) is 3.35. The van der Waals surface area contributed by atoms with E-state index in [1.165, 1.54) is 29.0 Å². The summed E-state index contributed by atoms with van der Waals surface area (Å²) < 4.78 is 63.4. The van der Waals surface area contributed by atoms with Crippen LogP contribution in [-0.2, 0) is 4.74 Å². The van der Waals surface area contributed by atoms with Crippen molar-refractivity contribution in [2.75, 3.05) is 38.3 Å². The van der Waals surface area contributed by atoms with Gasteiger partial charge in [0, 0.05) is 43.6 Å². The summed E-state index contributed by atoms with van der Waals surface area (Å²) in [7, 11) is 2.01. The number of likely N-dealkylation sites (tertiary alicyclic amines) is 1. The van der Waals surface area contributed by atoms with Crippen molar-refractivity contribution in [1.29, 1.82) is 0 Å². The molecule has 5 rings (SSSR count). The third-order valence-electron chi connectivity index (χ3n) is 8.36. The van der Waals surface area contributed by atoms with Crippen molar-refractivity contribution >= 4 is 11.6 Å². The number of piperidine rings is 2. The third kappa shape index (κ3) is 4.59. The van der Waals surface area contributed by atoms with Crippen LogP contribution in [0.15, 0.2) is 35.3 Å². The van der Waals surface area contributed by atoms with Crippen LogP contribution in [-0.4, -0.2) is 60.9 Å². The van der Waals surface area contributed by atoms with Gasteiger partial charge in [0.25, 0.3) is 17.9 Å². The summed E-state index contributed by atoms with van der Waals surface area (Å²) in [6.07, 6.45) is -1.97.